The van der Waals surface area contributed by atoms with Gasteiger partial charge in [-0.1, -0.05) is 35.2 Å². The fraction of sp³-hybridized carbons (Fsp3) is 0.250. The summed E-state index contributed by atoms with van der Waals surface area (Å²) < 4.78 is 14.1. The third-order valence-electron chi connectivity index (χ3n) is 2.37. The minimum absolute atomic E-state index is 0.0869. The first-order valence-corrected chi connectivity index (χ1v) is 7.28. The van der Waals surface area contributed by atoms with Crippen molar-refractivity contribution >= 4 is 39.7 Å². The molecule has 1 aromatic heterocycles. The van der Waals surface area contributed by atoms with Crippen molar-refractivity contribution in [1.29, 1.82) is 0 Å². The minimum atomic E-state index is -0.344. The van der Waals surface area contributed by atoms with E-state index < -0.39 is 0 Å². The van der Waals surface area contributed by atoms with E-state index in [1.807, 2.05) is 6.92 Å². The standard InChI is InChI=1S/C12H12FN3OS2/c1-7(17)8(2)18-12-16-15-11(19-12)14-10-6-4-3-5-9(10)13/h3-6,8H,1-2H3,(H,14,15)/t8-/m1/s1. The Kier molecular flexibility index (Phi) is 4.49. The number of rotatable bonds is 5. The van der Waals surface area contributed by atoms with Crippen molar-refractivity contribution in [2.45, 2.75) is 23.4 Å². The molecular weight excluding hydrogens is 285 g/mol. The molecule has 4 nitrogen and oxygen atoms in total. The van der Waals surface area contributed by atoms with Gasteiger partial charge in [-0.2, -0.15) is 0 Å². The van der Waals surface area contributed by atoms with Crippen LogP contribution >= 0.6 is 23.1 Å². The molecule has 19 heavy (non-hydrogen) atoms. The van der Waals surface area contributed by atoms with Crippen LogP contribution in [-0.4, -0.2) is 21.2 Å². The number of ketones is 1. The Labute approximate surface area is 118 Å². The van der Waals surface area contributed by atoms with Crippen LogP contribution < -0.4 is 5.32 Å². The quantitative estimate of drug-likeness (QED) is 0.856. The number of hydrogen-bond acceptors (Lipinski definition) is 6. The number of Topliss-reactive ketones (excluding diaryl/α,β-unsaturated/α-hetero) is 1. The molecule has 1 N–H and O–H groups in total. The van der Waals surface area contributed by atoms with Gasteiger partial charge in [-0.3, -0.25) is 4.79 Å². The molecule has 0 spiro atoms. The van der Waals surface area contributed by atoms with Gasteiger partial charge in [0.2, 0.25) is 5.13 Å². The van der Waals surface area contributed by atoms with Gasteiger partial charge in [-0.25, -0.2) is 4.39 Å². The Bertz CT molecular complexity index is 588. The summed E-state index contributed by atoms with van der Waals surface area (Å²) in [5, 5.41) is 11.1. The summed E-state index contributed by atoms with van der Waals surface area (Å²) in [6, 6.07) is 6.36. The number of carbonyl (C=O) groups excluding carboxylic acids is 1. The second-order valence-electron chi connectivity index (χ2n) is 3.85. The van der Waals surface area contributed by atoms with E-state index in [2.05, 4.69) is 15.5 Å². The van der Waals surface area contributed by atoms with Crippen LogP contribution in [0.2, 0.25) is 0 Å². The van der Waals surface area contributed by atoms with E-state index in [9.17, 15) is 9.18 Å². The average Bonchev–Trinajstić information content (AvgIpc) is 2.79. The smallest absolute Gasteiger partial charge is 0.210 e. The molecule has 0 unspecified atom stereocenters. The van der Waals surface area contributed by atoms with Crippen LogP contribution in [0.15, 0.2) is 28.6 Å². The lowest BCUT2D eigenvalue weighted by Crippen LogP contribution is -2.07. The predicted molar refractivity (Wildman–Crippen MR) is 75.6 cm³/mol. The maximum absolute atomic E-state index is 13.4. The Hall–Kier alpha value is -1.47. The van der Waals surface area contributed by atoms with Crippen molar-refractivity contribution in [1.82, 2.24) is 10.2 Å². The summed E-state index contributed by atoms with van der Waals surface area (Å²) in [4.78, 5) is 11.2. The zero-order valence-corrected chi connectivity index (χ0v) is 12.0. The van der Waals surface area contributed by atoms with Gasteiger partial charge in [0, 0.05) is 0 Å². The Morgan fingerprint density at radius 3 is 2.84 bits per heavy atom. The Balaban J connectivity index is 2.06. The minimum Gasteiger partial charge on any atom is -0.328 e. The molecule has 2 aromatic rings. The van der Waals surface area contributed by atoms with Crippen molar-refractivity contribution < 1.29 is 9.18 Å². The SMILES string of the molecule is CC(=O)[C@@H](C)Sc1nnc(Nc2ccccc2F)s1. The Morgan fingerprint density at radius 2 is 2.16 bits per heavy atom. The first-order valence-electron chi connectivity index (χ1n) is 5.58. The predicted octanol–water partition coefficient (Wildman–Crippen LogP) is 3.49. The van der Waals surface area contributed by atoms with Crippen LogP contribution in [0.5, 0.6) is 0 Å². The van der Waals surface area contributed by atoms with Gasteiger partial charge in [0.05, 0.1) is 10.9 Å². The van der Waals surface area contributed by atoms with E-state index in [0.29, 0.717) is 15.2 Å². The topological polar surface area (TPSA) is 54.9 Å². The van der Waals surface area contributed by atoms with E-state index in [-0.39, 0.29) is 16.9 Å². The number of nitrogens with one attached hydrogen (secondary N) is 1. The van der Waals surface area contributed by atoms with Crippen molar-refractivity contribution in [2.24, 2.45) is 0 Å². The number of nitrogens with zero attached hydrogens (tertiary/aromatic N) is 2. The van der Waals surface area contributed by atoms with Crippen molar-refractivity contribution in [3.8, 4) is 0 Å². The summed E-state index contributed by atoms with van der Waals surface area (Å²) >= 11 is 2.64. The highest BCUT2D eigenvalue weighted by Gasteiger charge is 2.13. The van der Waals surface area contributed by atoms with Crippen LogP contribution in [0.3, 0.4) is 0 Å². The molecular formula is C12H12FN3OS2. The maximum Gasteiger partial charge on any atom is 0.210 e. The molecule has 7 heteroatoms. The molecule has 0 fully saturated rings. The summed E-state index contributed by atoms with van der Waals surface area (Å²) in [5.41, 5.74) is 0.356. The third-order valence-corrected chi connectivity index (χ3v) is 4.51. The summed E-state index contributed by atoms with van der Waals surface area (Å²) in [7, 11) is 0. The molecule has 0 aliphatic rings. The van der Waals surface area contributed by atoms with Gasteiger partial charge >= 0.3 is 0 Å². The molecule has 0 aliphatic heterocycles. The van der Waals surface area contributed by atoms with Gasteiger partial charge in [-0.15, -0.1) is 10.2 Å². The highest BCUT2D eigenvalue weighted by atomic mass is 32.2. The van der Waals surface area contributed by atoms with E-state index in [4.69, 9.17) is 0 Å². The van der Waals surface area contributed by atoms with Gasteiger partial charge in [0.25, 0.3) is 0 Å². The molecule has 1 atom stereocenters. The first kappa shape index (κ1) is 14.0. The Morgan fingerprint density at radius 1 is 1.42 bits per heavy atom. The van der Waals surface area contributed by atoms with E-state index in [1.54, 1.807) is 18.2 Å². The lowest BCUT2D eigenvalue weighted by atomic mass is 10.3. The van der Waals surface area contributed by atoms with Crippen LogP contribution in [0.1, 0.15) is 13.8 Å². The highest BCUT2D eigenvalue weighted by Crippen LogP contribution is 2.30. The second-order valence-corrected chi connectivity index (χ2v) is 6.41. The number of carbonyl (C=O) groups is 1. The second kappa shape index (κ2) is 6.12. The number of benzene rings is 1. The molecule has 0 saturated heterocycles. The van der Waals surface area contributed by atoms with Crippen molar-refractivity contribution in [3.05, 3.63) is 30.1 Å². The fourth-order valence-corrected chi connectivity index (χ4v) is 3.13. The number of halogens is 1. The molecule has 0 saturated carbocycles. The monoisotopic (exact) mass is 297 g/mol. The number of aromatic nitrogens is 2. The van der Waals surface area contributed by atoms with Crippen molar-refractivity contribution in [3.63, 3.8) is 0 Å². The summed E-state index contributed by atoms with van der Waals surface area (Å²) in [6.45, 7) is 3.36. The van der Waals surface area contributed by atoms with Gasteiger partial charge in [-0.05, 0) is 26.0 Å². The van der Waals surface area contributed by atoms with E-state index >= 15 is 0 Å². The third kappa shape index (κ3) is 3.74. The molecule has 0 aliphatic carbocycles. The first-order chi connectivity index (χ1) is 9.06. The van der Waals surface area contributed by atoms with Gasteiger partial charge in [0.1, 0.15) is 11.6 Å². The number of anilines is 2. The lowest BCUT2D eigenvalue weighted by molar-refractivity contribution is -0.116. The molecule has 1 aromatic carbocycles. The molecule has 2 rings (SSSR count). The number of hydrogen-bond donors (Lipinski definition) is 1. The number of para-hydroxylation sites is 1. The molecule has 0 amide bonds. The molecule has 100 valence electrons. The van der Waals surface area contributed by atoms with Crippen LogP contribution in [0.4, 0.5) is 15.2 Å². The average molecular weight is 297 g/mol. The van der Waals surface area contributed by atoms with E-state index in [0.717, 1.165) is 0 Å². The molecule has 0 bridgehead atoms. The molecule has 0 radical (unpaired) electrons. The van der Waals surface area contributed by atoms with Crippen LogP contribution in [-0.2, 0) is 4.79 Å². The zero-order valence-electron chi connectivity index (χ0n) is 10.4. The van der Waals surface area contributed by atoms with Crippen molar-refractivity contribution in [2.75, 3.05) is 5.32 Å². The fourth-order valence-electron chi connectivity index (χ4n) is 1.22. The van der Waals surface area contributed by atoms with E-state index in [1.165, 1.54) is 36.1 Å². The highest BCUT2D eigenvalue weighted by molar-refractivity contribution is 8.02. The summed E-state index contributed by atoms with van der Waals surface area (Å²) in [6.07, 6.45) is 0. The lowest BCUT2D eigenvalue weighted by Gasteiger charge is -2.03. The normalized spacial score (nSPS) is 12.2. The number of thioether (sulfide) groups is 1. The summed E-state index contributed by atoms with van der Waals surface area (Å²) in [5.74, 6) is -0.257. The van der Waals surface area contributed by atoms with Gasteiger partial charge in [0.15, 0.2) is 4.34 Å². The largest absolute Gasteiger partial charge is 0.328 e. The maximum atomic E-state index is 13.4. The van der Waals surface area contributed by atoms with Crippen LogP contribution in [0.25, 0.3) is 0 Å². The van der Waals surface area contributed by atoms with Crippen LogP contribution in [0, 0.1) is 5.82 Å². The molecule has 1 heterocycles. The zero-order chi connectivity index (χ0) is 13.8. The van der Waals surface area contributed by atoms with Gasteiger partial charge < -0.3 is 5.32 Å².